The summed E-state index contributed by atoms with van der Waals surface area (Å²) in [5.41, 5.74) is -0.882. The van der Waals surface area contributed by atoms with Crippen molar-refractivity contribution >= 4 is 23.2 Å². The molecule has 0 aromatic heterocycles. The second kappa shape index (κ2) is 7.53. The Balaban J connectivity index is 1.57. The van der Waals surface area contributed by atoms with Crippen LogP contribution in [0.5, 0.6) is 11.5 Å². The predicted molar refractivity (Wildman–Crippen MR) is 96.9 cm³/mol. The maximum absolute atomic E-state index is 12.0. The monoisotopic (exact) mass is 387 g/mol. The highest BCUT2D eigenvalue weighted by molar-refractivity contribution is 6.39. The zero-order valence-electron chi connectivity index (χ0n) is 14.8. The van der Waals surface area contributed by atoms with Crippen molar-refractivity contribution in [3.05, 3.63) is 58.1 Å². The van der Waals surface area contributed by atoms with Gasteiger partial charge >= 0.3 is 11.8 Å². The molecule has 3 rings (SSSR count). The number of nitro groups is 1. The van der Waals surface area contributed by atoms with Gasteiger partial charge in [-0.25, -0.2) is 0 Å². The molecule has 10 nitrogen and oxygen atoms in total. The minimum absolute atomic E-state index is 0.0977. The van der Waals surface area contributed by atoms with E-state index in [0.717, 1.165) is 0 Å². The molecule has 10 heteroatoms. The number of anilines is 1. The van der Waals surface area contributed by atoms with E-state index in [1.54, 1.807) is 18.2 Å². The Morgan fingerprint density at radius 2 is 1.82 bits per heavy atom. The Bertz CT molecular complexity index is 925. The number of aliphatic hydroxyl groups is 1. The van der Waals surface area contributed by atoms with Gasteiger partial charge < -0.3 is 25.2 Å². The van der Waals surface area contributed by atoms with Gasteiger partial charge in [0.15, 0.2) is 11.5 Å². The van der Waals surface area contributed by atoms with Crippen molar-refractivity contribution in [3.63, 3.8) is 0 Å². The van der Waals surface area contributed by atoms with E-state index in [4.69, 9.17) is 9.47 Å². The number of non-ortho nitro benzene ring substituents is 1. The molecule has 2 amide bonds. The molecule has 28 heavy (non-hydrogen) atoms. The average Bonchev–Trinajstić information content (AvgIpc) is 3.14. The van der Waals surface area contributed by atoms with Crippen molar-refractivity contribution in [1.82, 2.24) is 5.32 Å². The maximum Gasteiger partial charge on any atom is 0.313 e. The van der Waals surface area contributed by atoms with Gasteiger partial charge in [-0.15, -0.1) is 0 Å². The van der Waals surface area contributed by atoms with Crippen LogP contribution in [0.25, 0.3) is 0 Å². The molecule has 0 saturated carbocycles. The van der Waals surface area contributed by atoms with Gasteiger partial charge in [0, 0.05) is 17.8 Å². The zero-order valence-corrected chi connectivity index (χ0v) is 14.8. The number of benzene rings is 2. The van der Waals surface area contributed by atoms with Crippen LogP contribution in [0.1, 0.15) is 12.5 Å². The van der Waals surface area contributed by atoms with Crippen LogP contribution in [0.3, 0.4) is 0 Å². The van der Waals surface area contributed by atoms with Gasteiger partial charge in [-0.3, -0.25) is 19.7 Å². The van der Waals surface area contributed by atoms with Crippen LogP contribution in [0, 0.1) is 10.1 Å². The molecule has 1 heterocycles. The number of carbonyl (C=O) groups excluding carboxylic acids is 2. The number of nitro benzene ring substituents is 1. The summed E-state index contributed by atoms with van der Waals surface area (Å²) < 4.78 is 10.5. The number of rotatable bonds is 5. The summed E-state index contributed by atoms with van der Waals surface area (Å²) in [4.78, 5) is 34.0. The molecule has 0 saturated heterocycles. The summed E-state index contributed by atoms with van der Waals surface area (Å²) in [7, 11) is 0. The van der Waals surface area contributed by atoms with Crippen LogP contribution in [0.15, 0.2) is 42.5 Å². The van der Waals surface area contributed by atoms with Crippen LogP contribution >= 0.6 is 0 Å². The standard InChI is InChI=1S/C18H17N3O7/c1-18(24,11-2-7-14-15(8-11)28-10-27-14)9-19-16(22)17(23)20-12-3-5-13(6-4-12)21(25)26/h2-8,24H,9-10H2,1H3,(H,19,22)(H,20,23). The fourth-order valence-corrected chi connectivity index (χ4v) is 2.52. The van der Waals surface area contributed by atoms with E-state index in [1.807, 2.05) is 0 Å². The van der Waals surface area contributed by atoms with E-state index in [1.165, 1.54) is 31.2 Å². The van der Waals surface area contributed by atoms with E-state index in [9.17, 15) is 24.8 Å². The Kier molecular flexibility index (Phi) is 5.14. The van der Waals surface area contributed by atoms with Crippen LogP contribution < -0.4 is 20.1 Å². The van der Waals surface area contributed by atoms with Gasteiger partial charge in [0.05, 0.1) is 11.5 Å². The predicted octanol–water partition coefficient (Wildman–Crippen LogP) is 1.29. The third-order valence-electron chi connectivity index (χ3n) is 4.13. The second-order valence-corrected chi connectivity index (χ2v) is 6.28. The van der Waals surface area contributed by atoms with E-state index >= 15 is 0 Å². The van der Waals surface area contributed by atoms with Crippen molar-refractivity contribution in [2.45, 2.75) is 12.5 Å². The number of ether oxygens (including phenoxy) is 2. The Morgan fingerprint density at radius 1 is 1.14 bits per heavy atom. The van der Waals surface area contributed by atoms with Crippen molar-refractivity contribution in [1.29, 1.82) is 0 Å². The van der Waals surface area contributed by atoms with Crippen LogP contribution in [-0.2, 0) is 15.2 Å². The topological polar surface area (TPSA) is 140 Å². The maximum atomic E-state index is 12.0. The van der Waals surface area contributed by atoms with E-state index < -0.39 is 22.3 Å². The molecule has 1 unspecified atom stereocenters. The van der Waals surface area contributed by atoms with E-state index in [0.29, 0.717) is 17.1 Å². The number of nitrogens with zero attached hydrogens (tertiary/aromatic N) is 1. The van der Waals surface area contributed by atoms with E-state index in [-0.39, 0.29) is 24.7 Å². The van der Waals surface area contributed by atoms with Gasteiger partial charge in [-0.05, 0) is 36.8 Å². The molecule has 1 atom stereocenters. The summed E-state index contributed by atoms with van der Waals surface area (Å²) >= 11 is 0. The number of fused-ring (bicyclic) bond motifs is 1. The Labute approximate surface area is 159 Å². The summed E-state index contributed by atoms with van der Waals surface area (Å²) in [6, 6.07) is 9.92. The van der Waals surface area contributed by atoms with Crippen LogP contribution in [-0.4, -0.2) is 35.2 Å². The van der Waals surface area contributed by atoms with Gasteiger partial charge in [-0.2, -0.15) is 0 Å². The number of carbonyl (C=O) groups is 2. The van der Waals surface area contributed by atoms with Gasteiger partial charge in [0.2, 0.25) is 6.79 Å². The third kappa shape index (κ3) is 4.18. The fourth-order valence-electron chi connectivity index (χ4n) is 2.52. The largest absolute Gasteiger partial charge is 0.454 e. The number of amides is 2. The molecule has 0 bridgehead atoms. The van der Waals surface area contributed by atoms with Crippen molar-refractivity contribution < 1.29 is 29.1 Å². The molecule has 146 valence electrons. The molecule has 0 fully saturated rings. The second-order valence-electron chi connectivity index (χ2n) is 6.28. The van der Waals surface area contributed by atoms with Gasteiger partial charge in [0.25, 0.3) is 5.69 Å². The lowest BCUT2D eigenvalue weighted by atomic mass is 9.95. The quantitative estimate of drug-likeness (QED) is 0.399. The van der Waals surface area contributed by atoms with Gasteiger partial charge in [0.1, 0.15) is 5.60 Å². The minimum Gasteiger partial charge on any atom is -0.454 e. The summed E-state index contributed by atoms with van der Waals surface area (Å²) in [5, 5.41) is 25.9. The lowest BCUT2D eigenvalue weighted by Gasteiger charge is -2.24. The van der Waals surface area contributed by atoms with Gasteiger partial charge in [-0.1, -0.05) is 6.07 Å². The molecule has 0 radical (unpaired) electrons. The first-order chi connectivity index (χ1) is 13.3. The lowest BCUT2D eigenvalue weighted by Crippen LogP contribution is -2.43. The summed E-state index contributed by atoms with van der Waals surface area (Å²) in [6.45, 7) is 1.36. The lowest BCUT2D eigenvalue weighted by molar-refractivity contribution is -0.384. The number of hydrogen-bond donors (Lipinski definition) is 3. The first-order valence-electron chi connectivity index (χ1n) is 8.22. The first kappa shape index (κ1) is 19.1. The Morgan fingerprint density at radius 3 is 2.50 bits per heavy atom. The molecule has 0 spiro atoms. The highest BCUT2D eigenvalue weighted by Gasteiger charge is 2.27. The number of hydrogen-bond acceptors (Lipinski definition) is 7. The molecular weight excluding hydrogens is 370 g/mol. The normalized spacial score (nSPS) is 14.1. The first-order valence-corrected chi connectivity index (χ1v) is 8.22. The van der Waals surface area contributed by atoms with Crippen molar-refractivity contribution in [3.8, 4) is 11.5 Å². The average molecular weight is 387 g/mol. The molecule has 3 N–H and O–H groups in total. The zero-order chi connectivity index (χ0) is 20.3. The van der Waals surface area contributed by atoms with Crippen molar-refractivity contribution in [2.24, 2.45) is 0 Å². The summed E-state index contributed by atoms with van der Waals surface area (Å²) in [6.07, 6.45) is 0. The van der Waals surface area contributed by atoms with E-state index in [2.05, 4.69) is 10.6 Å². The molecule has 1 aliphatic rings. The molecule has 2 aromatic rings. The molecule has 1 aliphatic heterocycles. The van der Waals surface area contributed by atoms with Crippen LogP contribution in [0.2, 0.25) is 0 Å². The van der Waals surface area contributed by atoms with Crippen molar-refractivity contribution in [2.75, 3.05) is 18.7 Å². The minimum atomic E-state index is -1.45. The SMILES string of the molecule is CC(O)(CNC(=O)C(=O)Nc1ccc([N+](=O)[O-])cc1)c1ccc2c(c1)OCO2. The van der Waals surface area contributed by atoms with Crippen LogP contribution in [0.4, 0.5) is 11.4 Å². The fraction of sp³-hybridized carbons (Fsp3) is 0.222. The number of nitrogens with one attached hydrogen (secondary N) is 2. The highest BCUT2D eigenvalue weighted by atomic mass is 16.7. The molecule has 2 aromatic carbocycles. The summed E-state index contributed by atoms with van der Waals surface area (Å²) in [5.74, 6) is -0.874. The molecule has 0 aliphatic carbocycles. The third-order valence-corrected chi connectivity index (χ3v) is 4.13. The molecular formula is C18H17N3O7. The smallest absolute Gasteiger partial charge is 0.313 e. The highest BCUT2D eigenvalue weighted by Crippen LogP contribution is 2.35. The Hall–Kier alpha value is -3.66.